The van der Waals surface area contributed by atoms with Gasteiger partial charge < -0.3 is 18.9 Å². The molecule has 0 atom stereocenters. The number of hydrogen-bond acceptors (Lipinski definition) is 9. The number of pyridine rings is 1. The Morgan fingerprint density at radius 3 is 2.33 bits per heavy atom. The van der Waals surface area contributed by atoms with Crippen molar-refractivity contribution >= 4 is 15.8 Å². The summed E-state index contributed by atoms with van der Waals surface area (Å²) < 4.78 is 52.1. The highest BCUT2D eigenvalue weighted by atomic mass is 32.2. The van der Waals surface area contributed by atoms with Crippen molar-refractivity contribution in [1.82, 2.24) is 15.0 Å². The second-order valence-electron chi connectivity index (χ2n) is 8.64. The minimum Gasteiger partial charge on any atom is -0.497 e. The lowest BCUT2D eigenvalue weighted by Gasteiger charge is -2.18. The Kier molecular flexibility index (Phi) is 8.50. The van der Waals surface area contributed by atoms with Crippen LogP contribution in [0.3, 0.4) is 0 Å². The van der Waals surface area contributed by atoms with E-state index < -0.39 is 10.0 Å². The summed E-state index contributed by atoms with van der Waals surface area (Å²) in [5.74, 6) is 1.60. The monoisotopic (exact) mass is 550 g/mol. The van der Waals surface area contributed by atoms with Crippen molar-refractivity contribution < 1.29 is 27.4 Å². The maximum Gasteiger partial charge on any atom is 0.280 e. The molecule has 0 aliphatic heterocycles. The van der Waals surface area contributed by atoms with Crippen LogP contribution in [0.5, 0.6) is 28.9 Å². The van der Waals surface area contributed by atoms with Crippen LogP contribution in [0.15, 0.2) is 71.9 Å². The molecule has 2 heterocycles. The van der Waals surface area contributed by atoms with E-state index in [9.17, 15) is 8.42 Å². The molecular weight excluding hydrogens is 520 g/mol. The van der Waals surface area contributed by atoms with Gasteiger partial charge in [0.1, 0.15) is 5.75 Å². The first kappa shape index (κ1) is 27.6. The predicted molar refractivity (Wildman–Crippen MR) is 147 cm³/mol. The summed E-state index contributed by atoms with van der Waals surface area (Å²) in [6.45, 7) is 6.02. The molecule has 0 aliphatic carbocycles. The Balaban J connectivity index is 1.87. The van der Waals surface area contributed by atoms with Crippen LogP contribution >= 0.6 is 0 Å². The van der Waals surface area contributed by atoms with Crippen molar-refractivity contribution in [3.05, 3.63) is 72.4 Å². The quantitative estimate of drug-likeness (QED) is 0.252. The van der Waals surface area contributed by atoms with E-state index >= 15 is 0 Å². The lowest BCUT2D eigenvalue weighted by molar-refractivity contribution is 0.304. The van der Waals surface area contributed by atoms with Gasteiger partial charge in [0.2, 0.25) is 5.75 Å². The zero-order chi connectivity index (χ0) is 28.0. The van der Waals surface area contributed by atoms with Crippen LogP contribution in [-0.2, 0) is 10.0 Å². The number of ether oxygens (including phenoxy) is 4. The van der Waals surface area contributed by atoms with E-state index in [1.165, 1.54) is 13.2 Å². The zero-order valence-electron chi connectivity index (χ0n) is 22.3. The molecule has 0 aliphatic rings. The minimum absolute atomic E-state index is 0.0321. The van der Waals surface area contributed by atoms with Gasteiger partial charge in [-0.2, -0.15) is 13.4 Å². The number of para-hydroxylation sites is 2. The number of benzene rings is 2. The molecule has 0 spiro atoms. The average molecular weight is 551 g/mol. The van der Waals surface area contributed by atoms with Crippen molar-refractivity contribution in [3.8, 4) is 40.3 Å². The van der Waals surface area contributed by atoms with Crippen molar-refractivity contribution in [3.63, 3.8) is 0 Å². The van der Waals surface area contributed by atoms with E-state index in [0.717, 1.165) is 5.56 Å². The fourth-order valence-corrected chi connectivity index (χ4v) is 4.54. The first-order valence-corrected chi connectivity index (χ1v) is 13.7. The van der Waals surface area contributed by atoms with Gasteiger partial charge in [-0.25, -0.2) is 9.97 Å². The Labute approximate surface area is 228 Å². The third-order valence-electron chi connectivity index (χ3n) is 5.66. The molecule has 0 fully saturated rings. The van der Waals surface area contributed by atoms with Crippen molar-refractivity contribution in [1.29, 1.82) is 0 Å². The number of hydrogen-bond donors (Lipinski definition) is 1. The molecule has 39 heavy (non-hydrogen) atoms. The predicted octanol–water partition coefficient (Wildman–Crippen LogP) is 5.67. The smallest absolute Gasteiger partial charge is 0.280 e. The maximum atomic E-state index is 13.5. The van der Waals surface area contributed by atoms with Gasteiger partial charge >= 0.3 is 0 Å². The Morgan fingerprint density at radius 2 is 1.69 bits per heavy atom. The lowest BCUT2D eigenvalue weighted by atomic mass is 10.1. The fourth-order valence-electron chi connectivity index (χ4n) is 3.60. The first-order valence-electron chi connectivity index (χ1n) is 12.2. The summed E-state index contributed by atoms with van der Waals surface area (Å²) in [4.78, 5) is 13.3. The SMILES string of the molecule is CCOc1nc(-c2cccc(OC)c2)nc(NS(=O)(=O)c2ccc(C(C)C)cn2)c1Oc1ccccc1OC. The summed E-state index contributed by atoms with van der Waals surface area (Å²) in [6, 6.07) is 17.2. The van der Waals surface area contributed by atoms with Crippen LogP contribution in [0.4, 0.5) is 5.82 Å². The molecule has 0 unspecified atom stereocenters. The van der Waals surface area contributed by atoms with Crippen LogP contribution in [0.2, 0.25) is 0 Å². The van der Waals surface area contributed by atoms with Crippen LogP contribution in [0.1, 0.15) is 32.3 Å². The number of methoxy groups -OCH3 is 2. The first-order chi connectivity index (χ1) is 18.7. The summed E-state index contributed by atoms with van der Waals surface area (Å²) in [7, 11) is -1.12. The van der Waals surface area contributed by atoms with E-state index in [1.807, 2.05) is 13.8 Å². The molecule has 0 saturated carbocycles. The second-order valence-corrected chi connectivity index (χ2v) is 10.3. The largest absolute Gasteiger partial charge is 0.497 e. The van der Waals surface area contributed by atoms with Crippen LogP contribution in [-0.4, -0.2) is 44.2 Å². The molecule has 10 nitrogen and oxygen atoms in total. The van der Waals surface area contributed by atoms with Gasteiger partial charge in [0.05, 0.1) is 20.8 Å². The summed E-state index contributed by atoms with van der Waals surface area (Å²) in [5, 5.41) is -0.172. The molecule has 0 saturated heterocycles. The Hall–Kier alpha value is -4.38. The van der Waals surface area contributed by atoms with Crippen LogP contribution in [0.25, 0.3) is 11.4 Å². The van der Waals surface area contributed by atoms with E-state index in [-0.39, 0.29) is 40.8 Å². The number of aromatic nitrogens is 3. The van der Waals surface area contributed by atoms with Crippen LogP contribution < -0.4 is 23.7 Å². The minimum atomic E-state index is -4.17. The van der Waals surface area contributed by atoms with Gasteiger partial charge in [-0.3, -0.25) is 4.72 Å². The summed E-state index contributed by atoms with van der Waals surface area (Å²) in [5.41, 5.74) is 1.49. The van der Waals surface area contributed by atoms with Gasteiger partial charge in [0.15, 0.2) is 28.2 Å². The number of nitrogens with zero attached hydrogens (tertiary/aromatic N) is 3. The standard InChI is InChI=1S/C28H30N4O6S/c1-6-37-28-25(38-23-13-8-7-12-22(23)36-5)27(30-26(31-28)19-10-9-11-21(16-19)35-4)32-39(33,34)24-15-14-20(17-29-24)18(2)3/h7-18H,6H2,1-5H3,(H,30,31,32). The molecule has 0 bridgehead atoms. The zero-order valence-corrected chi connectivity index (χ0v) is 23.2. The van der Waals surface area contributed by atoms with Crippen molar-refractivity contribution in [2.24, 2.45) is 0 Å². The van der Waals surface area contributed by atoms with E-state index in [0.29, 0.717) is 22.8 Å². The Bertz CT molecular complexity index is 1540. The van der Waals surface area contributed by atoms with Gasteiger partial charge in [-0.1, -0.05) is 44.2 Å². The lowest BCUT2D eigenvalue weighted by Crippen LogP contribution is -2.17. The maximum absolute atomic E-state index is 13.5. The molecule has 1 N–H and O–H groups in total. The highest BCUT2D eigenvalue weighted by Gasteiger charge is 2.26. The van der Waals surface area contributed by atoms with Crippen LogP contribution in [0, 0.1) is 0 Å². The summed E-state index contributed by atoms with van der Waals surface area (Å²) in [6.07, 6.45) is 1.54. The van der Waals surface area contributed by atoms with E-state index in [2.05, 4.69) is 19.7 Å². The van der Waals surface area contributed by atoms with Gasteiger partial charge in [-0.15, -0.1) is 0 Å². The fraction of sp³-hybridized carbons (Fsp3) is 0.250. The second kappa shape index (κ2) is 12.0. The molecule has 4 rings (SSSR count). The highest BCUT2D eigenvalue weighted by Crippen LogP contribution is 2.41. The van der Waals surface area contributed by atoms with E-state index in [4.69, 9.17) is 18.9 Å². The summed E-state index contributed by atoms with van der Waals surface area (Å²) >= 11 is 0. The normalized spacial score (nSPS) is 11.2. The molecular formula is C28H30N4O6S. The third-order valence-corrected chi connectivity index (χ3v) is 6.91. The van der Waals surface area contributed by atoms with Crippen molar-refractivity contribution in [2.45, 2.75) is 31.7 Å². The number of rotatable bonds is 11. The highest BCUT2D eigenvalue weighted by molar-refractivity contribution is 7.92. The molecule has 2 aromatic carbocycles. The van der Waals surface area contributed by atoms with Gasteiger partial charge in [-0.05, 0) is 48.7 Å². The number of anilines is 1. The third kappa shape index (κ3) is 6.37. The molecule has 204 valence electrons. The van der Waals surface area contributed by atoms with Gasteiger partial charge in [0, 0.05) is 11.8 Å². The molecule has 11 heteroatoms. The average Bonchev–Trinajstić information content (AvgIpc) is 2.94. The Morgan fingerprint density at radius 1 is 0.923 bits per heavy atom. The van der Waals surface area contributed by atoms with Gasteiger partial charge in [0.25, 0.3) is 15.9 Å². The van der Waals surface area contributed by atoms with E-state index in [1.54, 1.807) is 74.8 Å². The molecule has 0 radical (unpaired) electrons. The number of nitrogens with one attached hydrogen (secondary N) is 1. The molecule has 0 amide bonds. The topological polar surface area (TPSA) is 122 Å². The number of sulfonamides is 1. The molecule has 2 aromatic heterocycles. The van der Waals surface area contributed by atoms with Crippen molar-refractivity contribution in [2.75, 3.05) is 25.5 Å². The molecule has 4 aromatic rings.